The second-order valence-electron chi connectivity index (χ2n) is 6.80. The third-order valence-electron chi connectivity index (χ3n) is 4.89. The lowest BCUT2D eigenvalue weighted by Gasteiger charge is -2.38. The molecule has 1 aromatic heterocycles. The van der Waals surface area contributed by atoms with E-state index >= 15 is 0 Å². The maximum atomic E-state index is 12.4. The van der Waals surface area contributed by atoms with Crippen molar-refractivity contribution in [3.8, 4) is 5.75 Å². The molecule has 3 N–H and O–H groups in total. The predicted molar refractivity (Wildman–Crippen MR) is 94.4 cm³/mol. The lowest BCUT2D eigenvalue weighted by atomic mass is 9.75. The summed E-state index contributed by atoms with van der Waals surface area (Å²) in [4.78, 5) is 27.7. The van der Waals surface area contributed by atoms with Crippen molar-refractivity contribution in [2.24, 2.45) is 11.0 Å². The number of carbonyl (C=O) groups excluding carboxylic acids is 2. The number of methoxy groups -OCH3 is 1. The molecule has 1 aliphatic carbocycles. The van der Waals surface area contributed by atoms with Gasteiger partial charge in [-0.2, -0.15) is 5.10 Å². The Labute approximate surface area is 152 Å². The van der Waals surface area contributed by atoms with Crippen LogP contribution in [0.5, 0.6) is 5.75 Å². The first-order valence-electron chi connectivity index (χ1n) is 8.86. The van der Waals surface area contributed by atoms with E-state index in [1.165, 1.54) is 0 Å². The van der Waals surface area contributed by atoms with E-state index in [-0.39, 0.29) is 29.9 Å². The van der Waals surface area contributed by atoms with Gasteiger partial charge in [-0.15, -0.1) is 0 Å². The molecule has 1 atom stereocenters. The molecule has 26 heavy (non-hydrogen) atoms. The largest absolute Gasteiger partial charge is 0.495 e. The summed E-state index contributed by atoms with van der Waals surface area (Å²) >= 11 is 0. The second-order valence-corrected chi connectivity index (χ2v) is 6.80. The van der Waals surface area contributed by atoms with Gasteiger partial charge in [0.25, 0.3) is 0 Å². The molecule has 0 saturated heterocycles. The quantitative estimate of drug-likeness (QED) is 0.673. The summed E-state index contributed by atoms with van der Waals surface area (Å²) in [6.07, 6.45) is 6.17. The summed E-state index contributed by atoms with van der Waals surface area (Å²) in [5, 5.41) is 16.7. The maximum Gasteiger partial charge on any atom is 0.240 e. The Morgan fingerprint density at radius 3 is 2.88 bits per heavy atom. The van der Waals surface area contributed by atoms with Crippen LogP contribution in [-0.2, 0) is 9.59 Å². The van der Waals surface area contributed by atoms with E-state index in [0.29, 0.717) is 44.3 Å². The van der Waals surface area contributed by atoms with Gasteiger partial charge in [-0.05, 0) is 43.2 Å². The number of pyridine rings is 1. The Kier molecular flexibility index (Phi) is 5.82. The molecule has 1 fully saturated rings. The van der Waals surface area contributed by atoms with Gasteiger partial charge in [-0.3, -0.25) is 14.6 Å². The van der Waals surface area contributed by atoms with Gasteiger partial charge in [0, 0.05) is 24.8 Å². The number of aliphatic hydroxyl groups excluding tert-OH is 1. The molecule has 2 heterocycles. The van der Waals surface area contributed by atoms with Crippen molar-refractivity contribution in [1.29, 1.82) is 0 Å². The summed E-state index contributed by atoms with van der Waals surface area (Å²) in [7, 11) is 1.57. The number of nitrogens with one attached hydrogen (secondary N) is 2. The van der Waals surface area contributed by atoms with E-state index in [0.717, 1.165) is 11.3 Å². The van der Waals surface area contributed by atoms with E-state index in [2.05, 4.69) is 20.8 Å². The van der Waals surface area contributed by atoms with Crippen molar-refractivity contribution in [2.45, 2.75) is 50.7 Å². The molecular formula is C18H24N4O4. The van der Waals surface area contributed by atoms with Crippen LogP contribution < -0.4 is 15.5 Å². The van der Waals surface area contributed by atoms with Crippen molar-refractivity contribution in [3.05, 3.63) is 24.0 Å². The van der Waals surface area contributed by atoms with E-state index in [1.807, 2.05) is 6.07 Å². The van der Waals surface area contributed by atoms with Crippen LogP contribution in [0.25, 0.3) is 0 Å². The van der Waals surface area contributed by atoms with Crippen LogP contribution >= 0.6 is 0 Å². The molecule has 1 saturated carbocycles. The molecule has 0 spiro atoms. The zero-order chi connectivity index (χ0) is 18.5. The standard InChI is InChI=1S/C18H24N4O4/c1-26-15-8-12(9-19-10-15)18(11-6-14(23)7-11)20-16(24)4-2-13-3-5-17(25)22-21-13/h8-11,14,18,23H,2-7H2,1H3,(H,20,24)(H,22,25). The summed E-state index contributed by atoms with van der Waals surface area (Å²) in [5.41, 5.74) is 4.15. The first-order valence-corrected chi connectivity index (χ1v) is 8.86. The van der Waals surface area contributed by atoms with Crippen LogP contribution in [0.4, 0.5) is 0 Å². The SMILES string of the molecule is COc1cncc(C(NC(=O)CCC2=NNC(=O)CC2)C2CC(O)C2)c1. The number of hydrogen-bond acceptors (Lipinski definition) is 6. The molecule has 3 rings (SSSR count). The van der Waals surface area contributed by atoms with Gasteiger partial charge >= 0.3 is 0 Å². The predicted octanol–water partition coefficient (Wildman–Crippen LogP) is 1.06. The summed E-state index contributed by atoms with van der Waals surface area (Å²) < 4.78 is 5.22. The molecule has 1 aliphatic heterocycles. The first kappa shape index (κ1) is 18.3. The first-order chi connectivity index (χ1) is 12.5. The van der Waals surface area contributed by atoms with E-state index in [1.54, 1.807) is 19.5 Å². The van der Waals surface area contributed by atoms with E-state index in [9.17, 15) is 14.7 Å². The number of rotatable bonds is 7. The fourth-order valence-electron chi connectivity index (χ4n) is 3.29. The molecule has 1 aromatic rings. The molecule has 2 aliphatic rings. The van der Waals surface area contributed by atoms with Gasteiger partial charge in [0.2, 0.25) is 11.8 Å². The normalized spacial score (nSPS) is 23.3. The Morgan fingerprint density at radius 2 is 2.23 bits per heavy atom. The lowest BCUT2D eigenvalue weighted by Crippen LogP contribution is -2.41. The van der Waals surface area contributed by atoms with Crippen molar-refractivity contribution in [2.75, 3.05) is 7.11 Å². The van der Waals surface area contributed by atoms with Crippen molar-refractivity contribution in [3.63, 3.8) is 0 Å². The zero-order valence-corrected chi connectivity index (χ0v) is 14.8. The molecule has 0 bridgehead atoms. The van der Waals surface area contributed by atoms with Gasteiger partial charge in [-0.25, -0.2) is 5.43 Å². The Hall–Kier alpha value is -2.48. The highest BCUT2D eigenvalue weighted by atomic mass is 16.5. The summed E-state index contributed by atoms with van der Waals surface area (Å²) in [6, 6.07) is 1.66. The Balaban J connectivity index is 1.61. The van der Waals surface area contributed by atoms with Gasteiger partial charge in [0.15, 0.2) is 0 Å². The average Bonchev–Trinajstić information content (AvgIpc) is 2.63. The van der Waals surface area contributed by atoms with Crippen LogP contribution in [0, 0.1) is 5.92 Å². The molecule has 1 unspecified atom stereocenters. The lowest BCUT2D eigenvalue weighted by molar-refractivity contribution is -0.123. The fraction of sp³-hybridized carbons (Fsp3) is 0.556. The van der Waals surface area contributed by atoms with Gasteiger partial charge in [-0.1, -0.05) is 0 Å². The summed E-state index contributed by atoms with van der Waals surface area (Å²) in [6.45, 7) is 0. The van der Waals surface area contributed by atoms with Crippen molar-refractivity contribution < 1.29 is 19.4 Å². The van der Waals surface area contributed by atoms with Gasteiger partial charge in [0.1, 0.15) is 5.75 Å². The van der Waals surface area contributed by atoms with Crippen LogP contribution in [0.1, 0.15) is 50.1 Å². The number of carbonyl (C=O) groups is 2. The Morgan fingerprint density at radius 1 is 1.42 bits per heavy atom. The molecule has 0 radical (unpaired) electrons. The maximum absolute atomic E-state index is 12.4. The number of aliphatic hydroxyl groups is 1. The smallest absolute Gasteiger partial charge is 0.240 e. The minimum atomic E-state index is -0.307. The molecular weight excluding hydrogens is 336 g/mol. The van der Waals surface area contributed by atoms with Gasteiger partial charge in [0.05, 0.1) is 25.5 Å². The number of aromatic nitrogens is 1. The molecule has 8 nitrogen and oxygen atoms in total. The van der Waals surface area contributed by atoms with E-state index < -0.39 is 0 Å². The van der Waals surface area contributed by atoms with E-state index in [4.69, 9.17) is 4.74 Å². The highest BCUT2D eigenvalue weighted by Crippen LogP contribution is 2.38. The molecule has 0 aromatic carbocycles. The average molecular weight is 360 g/mol. The number of hydrazone groups is 1. The van der Waals surface area contributed by atoms with Crippen molar-refractivity contribution >= 4 is 17.5 Å². The number of amides is 2. The highest BCUT2D eigenvalue weighted by Gasteiger charge is 2.36. The van der Waals surface area contributed by atoms with Crippen LogP contribution in [-0.4, -0.2) is 40.8 Å². The third kappa shape index (κ3) is 4.57. The number of nitrogens with zero attached hydrogens (tertiary/aromatic N) is 2. The minimum Gasteiger partial charge on any atom is -0.495 e. The molecule has 2 amide bonds. The topological polar surface area (TPSA) is 113 Å². The molecule has 140 valence electrons. The molecule has 8 heteroatoms. The number of ether oxygens (including phenoxy) is 1. The highest BCUT2D eigenvalue weighted by molar-refractivity contribution is 5.94. The zero-order valence-electron chi connectivity index (χ0n) is 14.8. The van der Waals surface area contributed by atoms with Crippen LogP contribution in [0.15, 0.2) is 23.6 Å². The minimum absolute atomic E-state index is 0.0844. The van der Waals surface area contributed by atoms with Gasteiger partial charge < -0.3 is 15.2 Å². The monoisotopic (exact) mass is 360 g/mol. The third-order valence-corrected chi connectivity index (χ3v) is 4.89. The Bertz CT molecular complexity index is 700. The second kappa shape index (κ2) is 8.27. The number of hydrogen-bond donors (Lipinski definition) is 3. The fourth-order valence-corrected chi connectivity index (χ4v) is 3.29. The van der Waals surface area contributed by atoms with Crippen LogP contribution in [0.3, 0.4) is 0 Å². The van der Waals surface area contributed by atoms with Crippen LogP contribution in [0.2, 0.25) is 0 Å². The van der Waals surface area contributed by atoms with Crippen molar-refractivity contribution in [1.82, 2.24) is 15.7 Å². The summed E-state index contributed by atoms with van der Waals surface area (Å²) in [5.74, 6) is 0.634.